The smallest absolute Gasteiger partial charge is 0.261 e. The van der Waals surface area contributed by atoms with Crippen LogP contribution in [-0.2, 0) is 7.05 Å². The van der Waals surface area contributed by atoms with Crippen molar-refractivity contribution in [1.82, 2.24) is 9.78 Å². The number of fused-ring (bicyclic) bond motifs is 1. The Hall–Kier alpha value is -1.43. The Labute approximate surface area is 87.6 Å². The summed E-state index contributed by atoms with van der Waals surface area (Å²) in [5, 5.41) is 15.5. The van der Waals surface area contributed by atoms with Crippen molar-refractivity contribution in [2.24, 2.45) is 7.05 Å². The van der Waals surface area contributed by atoms with Gasteiger partial charge in [0.15, 0.2) is 0 Å². The summed E-state index contributed by atoms with van der Waals surface area (Å²) in [4.78, 5) is 10.4. The molecule has 0 saturated heterocycles. The van der Waals surface area contributed by atoms with E-state index in [9.17, 15) is 10.1 Å². The highest BCUT2D eigenvalue weighted by molar-refractivity contribution is 9.10. The molecule has 5 nitrogen and oxygen atoms in total. The van der Waals surface area contributed by atoms with E-state index >= 15 is 0 Å². The molecule has 0 fully saturated rings. The number of hydrogen-bond acceptors (Lipinski definition) is 3. The average Bonchev–Trinajstić information content (AvgIpc) is 2.46. The van der Waals surface area contributed by atoms with Crippen LogP contribution in [0, 0.1) is 10.1 Å². The molecule has 1 heterocycles. The van der Waals surface area contributed by atoms with E-state index in [1.807, 2.05) is 0 Å². The van der Waals surface area contributed by atoms with Gasteiger partial charge in [-0.1, -0.05) is 15.9 Å². The summed E-state index contributed by atoms with van der Waals surface area (Å²) in [7, 11) is 1.68. The molecule has 2 rings (SSSR count). The Kier molecular flexibility index (Phi) is 1.99. The highest BCUT2D eigenvalue weighted by Crippen LogP contribution is 2.29. The molecule has 6 heteroatoms. The number of non-ortho nitro benzene ring substituents is 1. The Balaban J connectivity index is 2.90. The summed E-state index contributed by atoms with van der Waals surface area (Å²) in [6, 6.07) is 3.28. The standard InChI is InChI=1S/C8H6BrN3O2/c1-11-8-5(4-10-11)2-6(9)3-7(8)12(13)14/h2-4H,1H3. The number of hydrogen-bond donors (Lipinski definition) is 0. The molecule has 2 aromatic rings. The SMILES string of the molecule is Cn1ncc2cc(Br)cc([N+](=O)[O-])c21. The first kappa shape index (κ1) is 9.14. The highest BCUT2D eigenvalue weighted by Gasteiger charge is 2.16. The van der Waals surface area contributed by atoms with Crippen LogP contribution < -0.4 is 0 Å². The summed E-state index contributed by atoms with van der Waals surface area (Å²) in [6.07, 6.45) is 1.60. The lowest BCUT2D eigenvalue weighted by Gasteiger charge is -1.97. The van der Waals surface area contributed by atoms with Crippen LogP contribution in [0.4, 0.5) is 5.69 Å². The third-order valence-corrected chi connectivity index (χ3v) is 2.43. The van der Waals surface area contributed by atoms with Crippen molar-refractivity contribution in [3.05, 3.63) is 32.9 Å². The van der Waals surface area contributed by atoms with Gasteiger partial charge in [0.05, 0.1) is 11.1 Å². The molecule has 72 valence electrons. The second-order valence-corrected chi connectivity index (χ2v) is 3.80. The minimum absolute atomic E-state index is 0.0642. The van der Waals surface area contributed by atoms with Gasteiger partial charge >= 0.3 is 0 Å². The van der Waals surface area contributed by atoms with Gasteiger partial charge in [0.25, 0.3) is 5.69 Å². The van der Waals surface area contributed by atoms with Gasteiger partial charge in [-0.2, -0.15) is 5.10 Å². The zero-order valence-corrected chi connectivity index (χ0v) is 8.85. The fourth-order valence-electron chi connectivity index (χ4n) is 1.40. The largest absolute Gasteiger partial charge is 0.296 e. The average molecular weight is 256 g/mol. The van der Waals surface area contributed by atoms with Crippen LogP contribution in [0.5, 0.6) is 0 Å². The van der Waals surface area contributed by atoms with Gasteiger partial charge in [-0.3, -0.25) is 14.8 Å². The van der Waals surface area contributed by atoms with Crippen molar-refractivity contribution in [3.8, 4) is 0 Å². The maximum atomic E-state index is 10.8. The van der Waals surface area contributed by atoms with Crippen molar-refractivity contribution < 1.29 is 4.92 Å². The molecule has 0 amide bonds. The lowest BCUT2D eigenvalue weighted by Crippen LogP contribution is -1.95. The molecule has 0 atom stereocenters. The fraction of sp³-hybridized carbons (Fsp3) is 0.125. The van der Waals surface area contributed by atoms with Crippen molar-refractivity contribution >= 4 is 32.5 Å². The van der Waals surface area contributed by atoms with Crippen LogP contribution >= 0.6 is 15.9 Å². The topological polar surface area (TPSA) is 61.0 Å². The predicted octanol–water partition coefficient (Wildman–Crippen LogP) is 2.24. The van der Waals surface area contributed by atoms with Gasteiger partial charge in [-0.05, 0) is 6.07 Å². The molecule has 0 radical (unpaired) electrons. The van der Waals surface area contributed by atoms with E-state index in [-0.39, 0.29) is 5.69 Å². The van der Waals surface area contributed by atoms with Gasteiger partial charge in [-0.25, -0.2) is 0 Å². The molecule has 0 aliphatic rings. The van der Waals surface area contributed by atoms with E-state index in [2.05, 4.69) is 21.0 Å². The molecule has 0 N–H and O–H groups in total. The molecule has 0 unspecified atom stereocenters. The molecular formula is C8H6BrN3O2. The van der Waals surface area contributed by atoms with Crippen LogP contribution in [0.1, 0.15) is 0 Å². The third kappa shape index (κ3) is 1.27. The summed E-state index contributed by atoms with van der Waals surface area (Å²) in [6.45, 7) is 0. The van der Waals surface area contributed by atoms with Crippen molar-refractivity contribution in [2.45, 2.75) is 0 Å². The molecular weight excluding hydrogens is 250 g/mol. The minimum Gasteiger partial charge on any atom is -0.261 e. The molecule has 0 spiro atoms. The van der Waals surface area contributed by atoms with Gasteiger partial charge < -0.3 is 0 Å². The number of rotatable bonds is 1. The number of nitro groups is 1. The maximum Gasteiger partial charge on any atom is 0.296 e. The van der Waals surface area contributed by atoms with Gasteiger partial charge in [0.1, 0.15) is 5.52 Å². The van der Waals surface area contributed by atoms with Gasteiger partial charge in [0, 0.05) is 23.0 Å². The Morgan fingerprint density at radius 1 is 1.57 bits per heavy atom. The molecule has 14 heavy (non-hydrogen) atoms. The predicted molar refractivity (Wildman–Crippen MR) is 55.1 cm³/mol. The molecule has 0 aliphatic heterocycles. The number of nitro benzene ring substituents is 1. The lowest BCUT2D eigenvalue weighted by atomic mass is 10.2. The van der Waals surface area contributed by atoms with Crippen molar-refractivity contribution in [1.29, 1.82) is 0 Å². The van der Waals surface area contributed by atoms with Crippen LogP contribution in [-0.4, -0.2) is 14.7 Å². The summed E-state index contributed by atoms with van der Waals surface area (Å²) in [5.41, 5.74) is 0.604. The Morgan fingerprint density at radius 2 is 2.29 bits per heavy atom. The van der Waals surface area contributed by atoms with E-state index in [1.165, 1.54) is 10.7 Å². The molecule has 0 saturated carbocycles. The minimum atomic E-state index is -0.408. The normalized spacial score (nSPS) is 10.7. The molecule has 0 bridgehead atoms. The zero-order valence-electron chi connectivity index (χ0n) is 7.27. The van der Waals surface area contributed by atoms with Gasteiger partial charge in [0.2, 0.25) is 0 Å². The third-order valence-electron chi connectivity index (χ3n) is 1.97. The summed E-state index contributed by atoms with van der Waals surface area (Å²) in [5.74, 6) is 0. The fourth-order valence-corrected chi connectivity index (χ4v) is 1.87. The quantitative estimate of drug-likeness (QED) is 0.580. The number of aromatic nitrogens is 2. The first-order chi connectivity index (χ1) is 6.59. The summed E-state index contributed by atoms with van der Waals surface area (Å²) < 4.78 is 2.18. The van der Waals surface area contributed by atoms with Crippen LogP contribution in [0.15, 0.2) is 22.8 Å². The van der Waals surface area contributed by atoms with E-state index in [1.54, 1.807) is 19.3 Å². The van der Waals surface area contributed by atoms with Crippen LogP contribution in [0.3, 0.4) is 0 Å². The number of nitrogens with zero attached hydrogens (tertiary/aromatic N) is 3. The van der Waals surface area contributed by atoms with E-state index < -0.39 is 4.92 Å². The summed E-state index contributed by atoms with van der Waals surface area (Å²) >= 11 is 3.22. The van der Waals surface area contributed by atoms with E-state index in [0.717, 1.165) is 5.39 Å². The molecule has 0 aliphatic carbocycles. The van der Waals surface area contributed by atoms with Gasteiger partial charge in [-0.15, -0.1) is 0 Å². The molecule has 1 aromatic heterocycles. The Bertz CT molecular complexity index is 521. The monoisotopic (exact) mass is 255 g/mol. The lowest BCUT2D eigenvalue weighted by molar-refractivity contribution is -0.383. The Morgan fingerprint density at radius 3 is 2.93 bits per heavy atom. The van der Waals surface area contributed by atoms with E-state index in [0.29, 0.717) is 9.99 Å². The highest BCUT2D eigenvalue weighted by atomic mass is 79.9. The van der Waals surface area contributed by atoms with E-state index in [4.69, 9.17) is 0 Å². The first-order valence-electron chi connectivity index (χ1n) is 3.85. The number of aryl methyl sites for hydroxylation is 1. The maximum absolute atomic E-state index is 10.8. The number of halogens is 1. The van der Waals surface area contributed by atoms with Crippen molar-refractivity contribution in [2.75, 3.05) is 0 Å². The zero-order chi connectivity index (χ0) is 10.3. The van der Waals surface area contributed by atoms with Crippen LogP contribution in [0.2, 0.25) is 0 Å². The second-order valence-electron chi connectivity index (χ2n) is 2.89. The molecule has 1 aromatic carbocycles. The van der Waals surface area contributed by atoms with Crippen molar-refractivity contribution in [3.63, 3.8) is 0 Å². The second kappa shape index (κ2) is 3.06. The van der Waals surface area contributed by atoms with Crippen LogP contribution in [0.25, 0.3) is 10.9 Å². The number of benzene rings is 1. The first-order valence-corrected chi connectivity index (χ1v) is 4.64.